The molecule has 3 rings (SSSR count). The molecular formula is C12H19NO2. The monoisotopic (exact) mass is 209 g/mol. The fourth-order valence-corrected chi connectivity index (χ4v) is 3.29. The molecule has 1 spiro atoms. The molecule has 0 amide bonds. The molecule has 3 aliphatic rings. The summed E-state index contributed by atoms with van der Waals surface area (Å²) in [6.07, 6.45) is 6.94. The summed E-state index contributed by atoms with van der Waals surface area (Å²) < 4.78 is 0. The van der Waals surface area contributed by atoms with E-state index in [4.69, 9.17) is 5.11 Å². The normalized spacial score (nSPS) is 38.7. The summed E-state index contributed by atoms with van der Waals surface area (Å²) in [5, 5.41) is 9.03. The lowest BCUT2D eigenvalue weighted by atomic mass is 9.82. The van der Waals surface area contributed by atoms with Crippen LogP contribution in [0.3, 0.4) is 0 Å². The molecule has 0 aromatic heterocycles. The van der Waals surface area contributed by atoms with Gasteiger partial charge in [-0.25, -0.2) is 0 Å². The van der Waals surface area contributed by atoms with E-state index in [2.05, 4.69) is 4.90 Å². The van der Waals surface area contributed by atoms with Crippen LogP contribution < -0.4 is 0 Å². The van der Waals surface area contributed by atoms with Gasteiger partial charge in [0.25, 0.3) is 0 Å². The molecule has 0 aromatic rings. The number of carboxylic acids is 1. The van der Waals surface area contributed by atoms with Crippen molar-refractivity contribution in [2.24, 2.45) is 11.3 Å². The van der Waals surface area contributed by atoms with Crippen molar-refractivity contribution in [2.75, 3.05) is 13.1 Å². The maximum absolute atomic E-state index is 11.0. The number of hydrogen-bond donors (Lipinski definition) is 1. The highest BCUT2D eigenvalue weighted by Crippen LogP contribution is 2.54. The van der Waals surface area contributed by atoms with Gasteiger partial charge in [-0.1, -0.05) is 6.42 Å². The highest BCUT2D eigenvalue weighted by molar-refractivity contribution is 5.70. The molecule has 1 saturated heterocycles. The quantitative estimate of drug-likeness (QED) is 0.753. The number of nitrogens with zero attached hydrogens (tertiary/aromatic N) is 1. The zero-order valence-corrected chi connectivity index (χ0v) is 9.11. The highest BCUT2D eigenvalue weighted by atomic mass is 16.4. The van der Waals surface area contributed by atoms with Gasteiger partial charge in [0, 0.05) is 19.1 Å². The Morgan fingerprint density at radius 1 is 1.27 bits per heavy atom. The second-order valence-electron chi connectivity index (χ2n) is 5.76. The van der Waals surface area contributed by atoms with Crippen LogP contribution in [0.15, 0.2) is 0 Å². The number of aliphatic carboxylic acids is 1. The second-order valence-corrected chi connectivity index (χ2v) is 5.76. The minimum atomic E-state index is -0.582. The van der Waals surface area contributed by atoms with Crippen molar-refractivity contribution >= 4 is 5.97 Å². The topological polar surface area (TPSA) is 40.5 Å². The highest BCUT2D eigenvalue weighted by Gasteiger charge is 2.54. The first-order chi connectivity index (χ1) is 7.19. The first-order valence-corrected chi connectivity index (χ1v) is 6.15. The SMILES string of the molecule is O=C(O)C1CCCC(N2CC3(CC3)C2)C1. The zero-order chi connectivity index (χ0) is 10.5. The van der Waals surface area contributed by atoms with Crippen molar-refractivity contribution in [1.29, 1.82) is 0 Å². The molecule has 3 heteroatoms. The van der Waals surface area contributed by atoms with Gasteiger partial charge in [-0.15, -0.1) is 0 Å². The molecule has 2 saturated carbocycles. The summed E-state index contributed by atoms with van der Waals surface area (Å²) in [6, 6.07) is 0.575. The Morgan fingerprint density at radius 2 is 2.00 bits per heavy atom. The molecule has 2 atom stereocenters. The van der Waals surface area contributed by atoms with E-state index in [0.717, 1.165) is 19.3 Å². The molecule has 3 nitrogen and oxygen atoms in total. The first kappa shape index (κ1) is 9.64. The molecule has 3 fully saturated rings. The molecule has 15 heavy (non-hydrogen) atoms. The predicted octanol–water partition coefficient (Wildman–Crippen LogP) is 1.73. The van der Waals surface area contributed by atoms with Gasteiger partial charge in [0.15, 0.2) is 0 Å². The van der Waals surface area contributed by atoms with Crippen LogP contribution in [0, 0.1) is 11.3 Å². The molecular weight excluding hydrogens is 190 g/mol. The summed E-state index contributed by atoms with van der Waals surface area (Å²) in [5.74, 6) is -0.652. The van der Waals surface area contributed by atoms with Crippen LogP contribution >= 0.6 is 0 Å². The smallest absolute Gasteiger partial charge is 0.306 e. The summed E-state index contributed by atoms with van der Waals surface area (Å²) in [7, 11) is 0. The number of carbonyl (C=O) groups is 1. The summed E-state index contributed by atoms with van der Waals surface area (Å²) >= 11 is 0. The average molecular weight is 209 g/mol. The van der Waals surface area contributed by atoms with E-state index in [-0.39, 0.29) is 5.92 Å². The van der Waals surface area contributed by atoms with E-state index in [1.165, 1.54) is 32.4 Å². The molecule has 0 radical (unpaired) electrons. The van der Waals surface area contributed by atoms with Crippen molar-refractivity contribution < 1.29 is 9.90 Å². The van der Waals surface area contributed by atoms with Gasteiger partial charge < -0.3 is 5.11 Å². The van der Waals surface area contributed by atoms with Gasteiger partial charge in [-0.2, -0.15) is 0 Å². The number of carboxylic acid groups (broad SMARTS) is 1. The molecule has 1 aliphatic heterocycles. The third kappa shape index (κ3) is 1.67. The lowest BCUT2D eigenvalue weighted by Crippen LogP contribution is -2.54. The van der Waals surface area contributed by atoms with Crippen LogP contribution in [0.1, 0.15) is 38.5 Å². The van der Waals surface area contributed by atoms with Gasteiger partial charge in [0.05, 0.1) is 5.92 Å². The van der Waals surface area contributed by atoms with Gasteiger partial charge in [0.2, 0.25) is 0 Å². The second kappa shape index (κ2) is 3.21. The minimum absolute atomic E-state index is 0.0699. The van der Waals surface area contributed by atoms with Crippen LogP contribution in [0.4, 0.5) is 0 Å². The van der Waals surface area contributed by atoms with Crippen molar-refractivity contribution in [3.8, 4) is 0 Å². The third-order valence-electron chi connectivity index (χ3n) is 4.55. The lowest BCUT2D eigenvalue weighted by molar-refractivity contribution is -0.144. The standard InChI is InChI=1S/C12H19NO2/c14-11(15)9-2-1-3-10(6-9)13-7-12(8-13)4-5-12/h9-10H,1-8H2,(H,14,15). The number of rotatable bonds is 2. The minimum Gasteiger partial charge on any atom is -0.481 e. The van der Waals surface area contributed by atoms with Crippen molar-refractivity contribution in [3.05, 3.63) is 0 Å². The molecule has 1 heterocycles. The molecule has 84 valence electrons. The number of likely N-dealkylation sites (tertiary alicyclic amines) is 1. The summed E-state index contributed by atoms with van der Waals surface area (Å²) in [6.45, 7) is 2.51. The van der Waals surface area contributed by atoms with Crippen LogP contribution in [-0.2, 0) is 4.79 Å². The zero-order valence-electron chi connectivity index (χ0n) is 9.11. The van der Waals surface area contributed by atoms with Crippen molar-refractivity contribution in [1.82, 2.24) is 4.90 Å². The first-order valence-electron chi connectivity index (χ1n) is 6.15. The average Bonchev–Trinajstić information content (AvgIpc) is 2.95. The Bertz CT molecular complexity index is 277. The van der Waals surface area contributed by atoms with E-state index in [1.54, 1.807) is 0 Å². The maximum atomic E-state index is 11.0. The van der Waals surface area contributed by atoms with Crippen LogP contribution in [-0.4, -0.2) is 35.1 Å². The van der Waals surface area contributed by atoms with Gasteiger partial charge in [0.1, 0.15) is 0 Å². The van der Waals surface area contributed by atoms with Crippen molar-refractivity contribution in [3.63, 3.8) is 0 Å². The fourth-order valence-electron chi connectivity index (χ4n) is 3.29. The van der Waals surface area contributed by atoms with Crippen LogP contribution in [0.2, 0.25) is 0 Å². The Labute approximate surface area is 90.5 Å². The Kier molecular flexibility index (Phi) is 2.06. The molecule has 2 aliphatic carbocycles. The summed E-state index contributed by atoms with van der Waals surface area (Å²) in [5.41, 5.74) is 0.705. The maximum Gasteiger partial charge on any atom is 0.306 e. The molecule has 0 aromatic carbocycles. The van der Waals surface area contributed by atoms with Crippen molar-refractivity contribution in [2.45, 2.75) is 44.6 Å². The largest absolute Gasteiger partial charge is 0.481 e. The Hall–Kier alpha value is -0.570. The Balaban J connectivity index is 1.55. The van der Waals surface area contributed by atoms with Gasteiger partial charge in [-0.3, -0.25) is 9.69 Å². The summed E-state index contributed by atoms with van der Waals surface area (Å²) in [4.78, 5) is 13.5. The van der Waals surface area contributed by atoms with Gasteiger partial charge in [-0.05, 0) is 37.5 Å². The Morgan fingerprint density at radius 3 is 2.60 bits per heavy atom. The van der Waals surface area contributed by atoms with E-state index in [1.807, 2.05) is 0 Å². The molecule has 0 bridgehead atoms. The molecule has 2 unspecified atom stereocenters. The van der Waals surface area contributed by atoms with Crippen LogP contribution in [0.25, 0.3) is 0 Å². The van der Waals surface area contributed by atoms with E-state index >= 15 is 0 Å². The predicted molar refractivity (Wildman–Crippen MR) is 56.6 cm³/mol. The fraction of sp³-hybridized carbons (Fsp3) is 0.917. The van der Waals surface area contributed by atoms with E-state index in [9.17, 15) is 4.79 Å². The van der Waals surface area contributed by atoms with E-state index < -0.39 is 5.97 Å². The third-order valence-corrected chi connectivity index (χ3v) is 4.55. The number of hydrogen-bond acceptors (Lipinski definition) is 2. The lowest BCUT2D eigenvalue weighted by Gasteiger charge is -2.47. The van der Waals surface area contributed by atoms with Crippen LogP contribution in [0.5, 0.6) is 0 Å². The van der Waals surface area contributed by atoms with E-state index in [0.29, 0.717) is 11.5 Å². The molecule has 1 N–H and O–H groups in total. The van der Waals surface area contributed by atoms with Gasteiger partial charge >= 0.3 is 5.97 Å².